The SMILES string of the molecule is COc1c(Cl)ncn(CC(F)(F)F)c1=O. The smallest absolute Gasteiger partial charge is 0.406 e. The van der Waals surface area contributed by atoms with Gasteiger partial charge in [-0.3, -0.25) is 9.36 Å². The minimum Gasteiger partial charge on any atom is -0.489 e. The van der Waals surface area contributed by atoms with Crippen LogP contribution in [0.5, 0.6) is 5.75 Å². The van der Waals surface area contributed by atoms with Crippen molar-refractivity contribution in [3.63, 3.8) is 0 Å². The van der Waals surface area contributed by atoms with E-state index in [1.54, 1.807) is 0 Å². The van der Waals surface area contributed by atoms with Crippen molar-refractivity contribution in [2.45, 2.75) is 12.7 Å². The molecule has 1 aromatic heterocycles. The Kier molecular flexibility index (Phi) is 3.23. The molecule has 0 aliphatic rings. The first-order valence-electron chi connectivity index (χ1n) is 3.71. The number of rotatable bonds is 2. The molecule has 0 N–H and O–H groups in total. The zero-order valence-electron chi connectivity index (χ0n) is 7.51. The number of nitrogens with zero attached hydrogens (tertiary/aromatic N) is 2. The fraction of sp³-hybridized carbons (Fsp3) is 0.429. The van der Waals surface area contributed by atoms with E-state index in [0.717, 1.165) is 13.4 Å². The van der Waals surface area contributed by atoms with E-state index in [2.05, 4.69) is 9.72 Å². The number of hydrogen-bond acceptors (Lipinski definition) is 3. The predicted molar refractivity (Wildman–Crippen MR) is 46.1 cm³/mol. The van der Waals surface area contributed by atoms with Crippen LogP contribution in [0.25, 0.3) is 0 Å². The summed E-state index contributed by atoms with van der Waals surface area (Å²) in [6.45, 7) is -1.42. The van der Waals surface area contributed by atoms with Gasteiger partial charge in [0.25, 0.3) is 5.56 Å². The molecule has 1 rings (SSSR count). The van der Waals surface area contributed by atoms with Crippen molar-refractivity contribution < 1.29 is 17.9 Å². The van der Waals surface area contributed by atoms with Crippen LogP contribution in [0.3, 0.4) is 0 Å². The van der Waals surface area contributed by atoms with E-state index in [-0.39, 0.29) is 5.15 Å². The average molecular weight is 243 g/mol. The van der Waals surface area contributed by atoms with Crippen molar-refractivity contribution in [2.75, 3.05) is 7.11 Å². The van der Waals surface area contributed by atoms with Crippen LogP contribution in [-0.2, 0) is 6.54 Å². The molecule has 0 fully saturated rings. The van der Waals surface area contributed by atoms with Gasteiger partial charge in [-0.15, -0.1) is 0 Å². The molecule has 0 radical (unpaired) electrons. The first-order valence-corrected chi connectivity index (χ1v) is 4.08. The van der Waals surface area contributed by atoms with Gasteiger partial charge in [-0.1, -0.05) is 11.6 Å². The number of halogens is 4. The van der Waals surface area contributed by atoms with E-state index in [0.29, 0.717) is 4.57 Å². The van der Waals surface area contributed by atoms with Gasteiger partial charge < -0.3 is 4.74 Å². The molecule has 84 valence electrons. The molecule has 0 atom stereocenters. The van der Waals surface area contributed by atoms with Crippen LogP contribution in [0.1, 0.15) is 0 Å². The molecule has 0 spiro atoms. The Hall–Kier alpha value is -1.24. The van der Waals surface area contributed by atoms with E-state index < -0.39 is 24.0 Å². The quantitative estimate of drug-likeness (QED) is 0.738. The number of ether oxygens (including phenoxy) is 1. The maximum absolute atomic E-state index is 12.0. The minimum atomic E-state index is -4.50. The lowest BCUT2D eigenvalue weighted by atomic mass is 10.5. The molecule has 8 heteroatoms. The third-order valence-electron chi connectivity index (χ3n) is 1.51. The van der Waals surface area contributed by atoms with Crippen LogP contribution in [0.15, 0.2) is 11.1 Å². The summed E-state index contributed by atoms with van der Waals surface area (Å²) in [5.41, 5.74) is -0.963. The van der Waals surface area contributed by atoms with Crippen LogP contribution in [0, 0.1) is 0 Å². The summed E-state index contributed by atoms with van der Waals surface area (Å²) < 4.78 is 40.9. The molecule has 0 bridgehead atoms. The minimum absolute atomic E-state index is 0.263. The van der Waals surface area contributed by atoms with E-state index in [9.17, 15) is 18.0 Å². The van der Waals surface area contributed by atoms with Gasteiger partial charge in [0.2, 0.25) is 5.75 Å². The largest absolute Gasteiger partial charge is 0.489 e. The molecule has 0 aromatic carbocycles. The van der Waals surface area contributed by atoms with Crippen LogP contribution >= 0.6 is 11.6 Å². The summed E-state index contributed by atoms with van der Waals surface area (Å²) in [6, 6.07) is 0. The lowest BCUT2D eigenvalue weighted by Gasteiger charge is -2.10. The van der Waals surface area contributed by atoms with Gasteiger partial charge in [-0.05, 0) is 0 Å². The second-order valence-corrected chi connectivity index (χ2v) is 2.97. The van der Waals surface area contributed by atoms with Crippen molar-refractivity contribution in [3.05, 3.63) is 21.8 Å². The highest BCUT2D eigenvalue weighted by Crippen LogP contribution is 2.19. The number of hydrogen-bond donors (Lipinski definition) is 0. The molecule has 4 nitrogen and oxygen atoms in total. The molecule has 0 unspecified atom stereocenters. The number of methoxy groups -OCH3 is 1. The van der Waals surface area contributed by atoms with E-state index >= 15 is 0 Å². The van der Waals surface area contributed by atoms with Gasteiger partial charge in [0.1, 0.15) is 6.54 Å². The topological polar surface area (TPSA) is 44.1 Å². The number of alkyl halides is 3. The average Bonchev–Trinajstić information content (AvgIpc) is 2.09. The Bertz CT molecular complexity index is 416. The van der Waals surface area contributed by atoms with Crippen LogP contribution < -0.4 is 10.3 Å². The Balaban J connectivity index is 3.17. The summed E-state index contributed by atoms with van der Waals surface area (Å²) in [6.07, 6.45) is -3.77. The van der Waals surface area contributed by atoms with Gasteiger partial charge in [0, 0.05) is 0 Å². The van der Waals surface area contributed by atoms with E-state index in [1.807, 2.05) is 0 Å². The zero-order valence-corrected chi connectivity index (χ0v) is 8.26. The Morgan fingerprint density at radius 2 is 2.20 bits per heavy atom. The molecular formula is C7H6ClF3N2O2. The standard InChI is InChI=1S/C7H6ClF3N2O2/c1-15-4-5(8)12-3-13(6(4)14)2-7(9,10)11/h3H,2H2,1H3. The van der Waals surface area contributed by atoms with Crippen LogP contribution in [-0.4, -0.2) is 22.8 Å². The summed E-state index contributed by atoms with van der Waals surface area (Å²) in [5.74, 6) is -0.400. The summed E-state index contributed by atoms with van der Waals surface area (Å²) >= 11 is 5.44. The summed E-state index contributed by atoms with van der Waals surface area (Å²) in [5, 5.41) is -0.263. The highest BCUT2D eigenvalue weighted by atomic mass is 35.5. The predicted octanol–water partition coefficient (Wildman–Crippen LogP) is 1.47. The van der Waals surface area contributed by atoms with Gasteiger partial charge >= 0.3 is 6.18 Å². The lowest BCUT2D eigenvalue weighted by molar-refractivity contribution is -0.141. The lowest BCUT2D eigenvalue weighted by Crippen LogP contribution is -2.29. The molecule has 1 aromatic rings. The second-order valence-electron chi connectivity index (χ2n) is 2.62. The fourth-order valence-electron chi connectivity index (χ4n) is 0.927. The van der Waals surface area contributed by atoms with Gasteiger partial charge in [0.05, 0.1) is 13.4 Å². The van der Waals surface area contributed by atoms with Crippen molar-refractivity contribution in [3.8, 4) is 5.75 Å². The van der Waals surface area contributed by atoms with Gasteiger partial charge in [-0.25, -0.2) is 4.98 Å². The highest BCUT2D eigenvalue weighted by Gasteiger charge is 2.29. The maximum Gasteiger partial charge on any atom is 0.406 e. The van der Waals surface area contributed by atoms with E-state index in [4.69, 9.17) is 11.6 Å². The fourth-order valence-corrected chi connectivity index (χ4v) is 1.13. The van der Waals surface area contributed by atoms with Crippen molar-refractivity contribution in [2.24, 2.45) is 0 Å². The van der Waals surface area contributed by atoms with Gasteiger partial charge in [0.15, 0.2) is 5.15 Å². The third kappa shape index (κ3) is 2.85. The molecule has 1 heterocycles. The molecule has 0 saturated heterocycles. The zero-order chi connectivity index (χ0) is 11.6. The molecule has 0 saturated carbocycles. The Morgan fingerprint density at radius 3 is 2.67 bits per heavy atom. The monoisotopic (exact) mass is 242 g/mol. The number of aromatic nitrogens is 2. The Labute approximate surface area is 87.3 Å². The summed E-state index contributed by atoms with van der Waals surface area (Å²) in [4.78, 5) is 14.7. The highest BCUT2D eigenvalue weighted by molar-refractivity contribution is 6.30. The molecular weight excluding hydrogens is 237 g/mol. The molecule has 0 aliphatic heterocycles. The Morgan fingerprint density at radius 1 is 1.60 bits per heavy atom. The molecule has 0 amide bonds. The van der Waals surface area contributed by atoms with Crippen LogP contribution in [0.2, 0.25) is 5.15 Å². The normalized spacial score (nSPS) is 11.5. The summed E-state index contributed by atoms with van der Waals surface area (Å²) in [7, 11) is 1.13. The van der Waals surface area contributed by atoms with Crippen LogP contribution in [0.4, 0.5) is 13.2 Å². The van der Waals surface area contributed by atoms with Crippen molar-refractivity contribution >= 4 is 11.6 Å². The molecule has 15 heavy (non-hydrogen) atoms. The first kappa shape index (κ1) is 11.8. The maximum atomic E-state index is 12.0. The molecule has 0 aliphatic carbocycles. The third-order valence-corrected chi connectivity index (χ3v) is 1.78. The second kappa shape index (κ2) is 4.09. The van der Waals surface area contributed by atoms with Gasteiger partial charge in [-0.2, -0.15) is 13.2 Å². The first-order chi connectivity index (χ1) is 6.85. The van der Waals surface area contributed by atoms with Crippen molar-refractivity contribution in [1.29, 1.82) is 0 Å². The van der Waals surface area contributed by atoms with E-state index in [1.165, 1.54) is 0 Å². The van der Waals surface area contributed by atoms with Crippen molar-refractivity contribution in [1.82, 2.24) is 9.55 Å².